The van der Waals surface area contributed by atoms with Crippen molar-refractivity contribution in [3.8, 4) is 0 Å². The van der Waals surface area contributed by atoms with Crippen molar-refractivity contribution >= 4 is 10.0 Å². The van der Waals surface area contributed by atoms with Gasteiger partial charge in [0.25, 0.3) is 0 Å². The average molecular weight is 304 g/mol. The molecule has 1 N–H and O–H groups in total. The summed E-state index contributed by atoms with van der Waals surface area (Å²) >= 11 is 0. The Labute approximate surface area is 117 Å². The van der Waals surface area contributed by atoms with Crippen LogP contribution in [0, 0.1) is 11.6 Å². The van der Waals surface area contributed by atoms with Crippen molar-refractivity contribution in [3.05, 3.63) is 29.8 Å². The molecule has 0 saturated carbocycles. The van der Waals surface area contributed by atoms with Gasteiger partial charge in [0.2, 0.25) is 10.0 Å². The highest BCUT2D eigenvalue weighted by atomic mass is 32.2. The minimum Gasteiger partial charge on any atom is -0.313 e. The highest BCUT2D eigenvalue weighted by molar-refractivity contribution is 7.89. The predicted octanol–water partition coefficient (Wildman–Crippen LogP) is 1.73. The van der Waals surface area contributed by atoms with E-state index in [0.29, 0.717) is 0 Å². The van der Waals surface area contributed by atoms with Crippen molar-refractivity contribution in [1.29, 1.82) is 0 Å². The van der Waals surface area contributed by atoms with E-state index in [2.05, 4.69) is 5.32 Å². The molecule has 7 heteroatoms. The molecule has 1 saturated heterocycles. The topological polar surface area (TPSA) is 49.4 Å². The van der Waals surface area contributed by atoms with E-state index in [1.54, 1.807) is 6.92 Å². The fourth-order valence-electron chi connectivity index (χ4n) is 2.41. The van der Waals surface area contributed by atoms with Gasteiger partial charge in [-0.3, -0.25) is 0 Å². The molecule has 1 atom stereocenters. The number of sulfonamides is 1. The summed E-state index contributed by atoms with van der Waals surface area (Å²) in [7, 11) is -4.16. The Morgan fingerprint density at radius 2 is 2.00 bits per heavy atom. The second-order valence-corrected chi connectivity index (χ2v) is 6.67. The molecule has 1 aliphatic heterocycles. The number of likely N-dealkylation sites (N-methyl/N-ethyl adjacent to an activating group) is 1. The summed E-state index contributed by atoms with van der Waals surface area (Å²) in [6.45, 7) is 2.91. The van der Waals surface area contributed by atoms with Gasteiger partial charge in [-0.25, -0.2) is 17.2 Å². The summed E-state index contributed by atoms with van der Waals surface area (Å²) in [4.78, 5) is -0.861. The molecule has 1 aliphatic rings. The zero-order valence-electron chi connectivity index (χ0n) is 11.3. The lowest BCUT2D eigenvalue weighted by Gasteiger charge is -2.24. The number of nitrogens with zero attached hydrogens (tertiary/aromatic N) is 1. The summed E-state index contributed by atoms with van der Waals surface area (Å²) in [6, 6.07) is 3.10. The fraction of sp³-hybridized carbons (Fsp3) is 0.538. The first-order valence-corrected chi connectivity index (χ1v) is 8.08. The zero-order chi connectivity index (χ0) is 14.8. The van der Waals surface area contributed by atoms with Gasteiger partial charge in [-0.2, -0.15) is 4.31 Å². The lowest BCUT2D eigenvalue weighted by molar-refractivity contribution is 0.377. The van der Waals surface area contributed by atoms with E-state index in [9.17, 15) is 17.2 Å². The molecular weight excluding hydrogens is 286 g/mol. The van der Waals surface area contributed by atoms with Crippen molar-refractivity contribution in [3.63, 3.8) is 0 Å². The van der Waals surface area contributed by atoms with Crippen LogP contribution in [0.15, 0.2) is 23.1 Å². The molecule has 0 spiro atoms. The molecular formula is C13H18F2N2O2S. The Balaban J connectivity index is 2.31. The molecule has 1 fully saturated rings. The number of rotatable bonds is 5. The predicted molar refractivity (Wildman–Crippen MR) is 71.8 cm³/mol. The molecule has 1 unspecified atom stereocenters. The van der Waals surface area contributed by atoms with Crippen LogP contribution in [-0.4, -0.2) is 38.4 Å². The molecule has 4 nitrogen and oxygen atoms in total. The van der Waals surface area contributed by atoms with Gasteiger partial charge in [0.15, 0.2) is 4.90 Å². The maximum Gasteiger partial charge on any atom is 0.248 e. The van der Waals surface area contributed by atoms with Crippen LogP contribution in [0.2, 0.25) is 0 Å². The van der Waals surface area contributed by atoms with Crippen LogP contribution in [0.5, 0.6) is 0 Å². The van der Waals surface area contributed by atoms with Crippen LogP contribution in [0.4, 0.5) is 8.78 Å². The summed E-state index contributed by atoms with van der Waals surface area (Å²) < 4.78 is 53.3. The Bertz CT molecular complexity index is 551. The van der Waals surface area contributed by atoms with Crippen LogP contribution in [0.1, 0.15) is 19.8 Å². The molecule has 2 rings (SSSR count). The van der Waals surface area contributed by atoms with Gasteiger partial charge >= 0.3 is 0 Å². The summed E-state index contributed by atoms with van der Waals surface area (Å²) in [5, 5.41) is 3.18. The van der Waals surface area contributed by atoms with Crippen molar-refractivity contribution in [2.75, 3.05) is 19.6 Å². The summed E-state index contributed by atoms with van der Waals surface area (Å²) in [5.74, 6) is -2.11. The van der Waals surface area contributed by atoms with E-state index >= 15 is 0 Å². The van der Waals surface area contributed by atoms with Gasteiger partial charge in [-0.15, -0.1) is 0 Å². The standard InChI is InChI=1S/C13H18F2N2O2S/c1-2-17(9-10-5-4-8-16-10)20(18,19)13-11(14)6-3-7-12(13)15/h3,6-7,10,16H,2,4-5,8-9H2,1H3. The summed E-state index contributed by atoms with van der Waals surface area (Å²) in [5.41, 5.74) is 0. The van der Waals surface area contributed by atoms with E-state index in [0.717, 1.165) is 41.9 Å². The van der Waals surface area contributed by atoms with Gasteiger partial charge < -0.3 is 5.32 Å². The van der Waals surface area contributed by atoms with Gasteiger partial charge in [0, 0.05) is 19.1 Å². The van der Waals surface area contributed by atoms with Crippen LogP contribution in [0.3, 0.4) is 0 Å². The van der Waals surface area contributed by atoms with Crippen molar-refractivity contribution in [1.82, 2.24) is 9.62 Å². The Morgan fingerprint density at radius 3 is 2.50 bits per heavy atom. The normalized spacial score (nSPS) is 19.7. The van der Waals surface area contributed by atoms with E-state index in [4.69, 9.17) is 0 Å². The van der Waals surface area contributed by atoms with E-state index < -0.39 is 26.6 Å². The van der Waals surface area contributed by atoms with Crippen LogP contribution < -0.4 is 5.32 Å². The SMILES string of the molecule is CCN(CC1CCCN1)S(=O)(=O)c1c(F)cccc1F. The molecule has 0 aromatic heterocycles. The van der Waals surface area contributed by atoms with Crippen molar-refractivity contribution in [2.24, 2.45) is 0 Å². The first-order chi connectivity index (χ1) is 9.46. The van der Waals surface area contributed by atoms with E-state index in [-0.39, 0.29) is 19.1 Å². The lowest BCUT2D eigenvalue weighted by atomic mass is 10.2. The minimum atomic E-state index is -4.16. The molecule has 0 aliphatic carbocycles. The number of benzene rings is 1. The maximum absolute atomic E-state index is 13.7. The third kappa shape index (κ3) is 2.99. The second-order valence-electron chi connectivity index (χ2n) is 4.80. The number of hydrogen-bond acceptors (Lipinski definition) is 3. The quantitative estimate of drug-likeness (QED) is 0.901. The smallest absolute Gasteiger partial charge is 0.248 e. The molecule has 1 heterocycles. The number of halogens is 2. The monoisotopic (exact) mass is 304 g/mol. The molecule has 1 aromatic rings. The molecule has 112 valence electrons. The zero-order valence-corrected chi connectivity index (χ0v) is 12.1. The average Bonchev–Trinajstić information content (AvgIpc) is 2.88. The fourth-order valence-corrected chi connectivity index (χ4v) is 4.02. The molecule has 20 heavy (non-hydrogen) atoms. The van der Waals surface area contributed by atoms with Gasteiger partial charge in [0.05, 0.1) is 0 Å². The number of nitrogens with one attached hydrogen (secondary N) is 1. The third-order valence-electron chi connectivity index (χ3n) is 3.46. The Morgan fingerprint density at radius 1 is 1.35 bits per heavy atom. The van der Waals surface area contributed by atoms with Gasteiger partial charge in [0.1, 0.15) is 11.6 Å². The van der Waals surface area contributed by atoms with Crippen molar-refractivity contribution in [2.45, 2.75) is 30.7 Å². The Hall–Kier alpha value is -1.05. The molecule has 1 aromatic carbocycles. The Kier molecular flexibility index (Phi) is 4.72. The van der Waals surface area contributed by atoms with Crippen molar-refractivity contribution < 1.29 is 17.2 Å². The highest BCUT2D eigenvalue weighted by Crippen LogP contribution is 2.23. The van der Waals surface area contributed by atoms with E-state index in [1.807, 2.05) is 0 Å². The first kappa shape index (κ1) is 15.3. The molecule has 0 bridgehead atoms. The van der Waals surface area contributed by atoms with E-state index in [1.165, 1.54) is 0 Å². The van der Waals surface area contributed by atoms with Crippen LogP contribution in [0.25, 0.3) is 0 Å². The maximum atomic E-state index is 13.7. The third-order valence-corrected chi connectivity index (χ3v) is 5.45. The number of hydrogen-bond donors (Lipinski definition) is 1. The van der Waals surface area contributed by atoms with Crippen LogP contribution >= 0.6 is 0 Å². The largest absolute Gasteiger partial charge is 0.313 e. The lowest BCUT2D eigenvalue weighted by Crippen LogP contribution is -2.41. The second kappa shape index (κ2) is 6.15. The van der Waals surface area contributed by atoms with Gasteiger partial charge in [-0.05, 0) is 31.5 Å². The minimum absolute atomic E-state index is 0.0413. The molecule has 0 amide bonds. The van der Waals surface area contributed by atoms with Gasteiger partial charge in [-0.1, -0.05) is 13.0 Å². The summed E-state index contributed by atoms with van der Waals surface area (Å²) in [6.07, 6.45) is 1.85. The first-order valence-electron chi connectivity index (χ1n) is 6.64. The molecule has 0 radical (unpaired) electrons. The van der Waals surface area contributed by atoms with Crippen LogP contribution in [-0.2, 0) is 10.0 Å². The highest BCUT2D eigenvalue weighted by Gasteiger charge is 2.31.